The lowest BCUT2D eigenvalue weighted by Crippen LogP contribution is -2.15. The van der Waals surface area contributed by atoms with Gasteiger partial charge in [-0.25, -0.2) is 9.97 Å². The van der Waals surface area contributed by atoms with E-state index < -0.39 is 0 Å². The molecule has 1 aliphatic carbocycles. The van der Waals surface area contributed by atoms with E-state index in [1.54, 1.807) is 0 Å². The molecule has 0 N–H and O–H groups in total. The second-order valence-corrected chi connectivity index (χ2v) is 7.47. The van der Waals surface area contributed by atoms with Crippen LogP contribution in [0.4, 0.5) is 0 Å². The lowest BCUT2D eigenvalue weighted by Gasteiger charge is -2.28. The van der Waals surface area contributed by atoms with Crippen molar-refractivity contribution in [2.75, 3.05) is 0 Å². The number of hydrogen-bond acceptors (Lipinski definition) is 2. The van der Waals surface area contributed by atoms with Gasteiger partial charge in [-0.3, -0.25) is 0 Å². The molecule has 1 aromatic heterocycles. The highest BCUT2D eigenvalue weighted by Crippen LogP contribution is 2.33. The molecule has 2 nitrogen and oxygen atoms in total. The van der Waals surface area contributed by atoms with Crippen LogP contribution in [0.25, 0.3) is 11.1 Å². The summed E-state index contributed by atoms with van der Waals surface area (Å²) in [6.07, 6.45) is 14.7. The van der Waals surface area contributed by atoms with Crippen molar-refractivity contribution in [3.05, 3.63) is 48.0 Å². The van der Waals surface area contributed by atoms with Gasteiger partial charge in [-0.1, -0.05) is 75.3 Å². The van der Waals surface area contributed by atoms with E-state index in [4.69, 9.17) is 0 Å². The Balaban J connectivity index is 1.49. The van der Waals surface area contributed by atoms with E-state index in [-0.39, 0.29) is 0 Å². The lowest BCUT2D eigenvalue weighted by atomic mass is 9.78. The Morgan fingerprint density at radius 2 is 1.42 bits per heavy atom. The predicted octanol–water partition coefficient (Wildman–Crippen LogP) is 5.99. The van der Waals surface area contributed by atoms with Crippen LogP contribution in [0.2, 0.25) is 0 Å². The van der Waals surface area contributed by atoms with Gasteiger partial charge in [0.05, 0.1) is 0 Å². The molecule has 0 spiro atoms. The molecule has 3 rings (SSSR count). The van der Waals surface area contributed by atoms with Gasteiger partial charge in [0.15, 0.2) is 0 Å². The molecule has 128 valence electrons. The third kappa shape index (κ3) is 4.66. The van der Waals surface area contributed by atoms with Crippen LogP contribution in [0.1, 0.15) is 63.3 Å². The smallest absolute Gasteiger partial charge is 0.128 e. The van der Waals surface area contributed by atoms with Crippen LogP contribution in [0.3, 0.4) is 0 Å². The van der Waals surface area contributed by atoms with Gasteiger partial charge < -0.3 is 0 Å². The highest BCUT2D eigenvalue weighted by molar-refractivity contribution is 5.61. The number of benzene rings is 1. The van der Waals surface area contributed by atoms with E-state index in [9.17, 15) is 0 Å². The maximum absolute atomic E-state index is 4.60. The Kier molecular flexibility index (Phi) is 6.01. The molecule has 24 heavy (non-hydrogen) atoms. The van der Waals surface area contributed by atoms with Crippen LogP contribution in [-0.2, 0) is 6.42 Å². The van der Waals surface area contributed by atoms with Gasteiger partial charge in [0.1, 0.15) is 5.82 Å². The SMILES string of the molecule is CCCC1CCC(CCc2ncc(-c3ccc(C)cc3)cn2)CC1. The standard InChI is InChI=1S/C22H30N2/c1-3-4-18-7-9-19(10-8-18)11-14-22-23-15-21(16-24-22)20-12-5-17(2)6-13-20/h5-6,12-13,15-16,18-19H,3-4,7-11,14H2,1-2H3. The zero-order valence-electron chi connectivity index (χ0n) is 15.2. The predicted molar refractivity (Wildman–Crippen MR) is 101 cm³/mol. The molecule has 1 aromatic carbocycles. The number of nitrogens with zero attached hydrogens (tertiary/aromatic N) is 2. The third-order valence-electron chi connectivity index (χ3n) is 5.53. The molecule has 0 unspecified atom stereocenters. The molecule has 0 aliphatic heterocycles. The summed E-state index contributed by atoms with van der Waals surface area (Å²) in [6.45, 7) is 4.42. The number of aryl methyl sites for hydroxylation is 2. The third-order valence-corrected chi connectivity index (χ3v) is 5.53. The topological polar surface area (TPSA) is 25.8 Å². The maximum atomic E-state index is 4.60. The molecule has 1 saturated carbocycles. The fourth-order valence-electron chi connectivity index (χ4n) is 3.93. The summed E-state index contributed by atoms with van der Waals surface area (Å²) in [5.74, 6) is 2.89. The number of hydrogen-bond donors (Lipinski definition) is 0. The number of aromatic nitrogens is 2. The first kappa shape index (κ1) is 17.1. The van der Waals surface area contributed by atoms with Crippen LogP contribution in [0.5, 0.6) is 0 Å². The van der Waals surface area contributed by atoms with Crippen molar-refractivity contribution in [1.29, 1.82) is 0 Å². The summed E-state index contributed by atoms with van der Waals surface area (Å²) in [4.78, 5) is 9.19. The van der Waals surface area contributed by atoms with E-state index in [0.717, 1.165) is 29.6 Å². The lowest BCUT2D eigenvalue weighted by molar-refractivity contribution is 0.251. The van der Waals surface area contributed by atoms with Crippen LogP contribution in [0.15, 0.2) is 36.7 Å². The van der Waals surface area contributed by atoms with Crippen molar-refractivity contribution in [2.45, 2.75) is 65.2 Å². The largest absolute Gasteiger partial charge is 0.241 e. The summed E-state index contributed by atoms with van der Waals surface area (Å²) < 4.78 is 0. The zero-order chi connectivity index (χ0) is 16.8. The first-order chi connectivity index (χ1) is 11.7. The fraction of sp³-hybridized carbons (Fsp3) is 0.545. The second kappa shape index (κ2) is 8.41. The molecule has 0 saturated heterocycles. The average Bonchev–Trinajstić information content (AvgIpc) is 2.63. The van der Waals surface area contributed by atoms with Crippen molar-refractivity contribution in [3.63, 3.8) is 0 Å². The van der Waals surface area contributed by atoms with Gasteiger partial charge in [-0.05, 0) is 30.7 Å². The van der Waals surface area contributed by atoms with Gasteiger partial charge in [-0.15, -0.1) is 0 Å². The molecular formula is C22H30N2. The van der Waals surface area contributed by atoms with Crippen LogP contribution >= 0.6 is 0 Å². The van der Waals surface area contributed by atoms with E-state index in [1.807, 2.05) is 12.4 Å². The second-order valence-electron chi connectivity index (χ2n) is 7.47. The monoisotopic (exact) mass is 322 g/mol. The Morgan fingerprint density at radius 1 is 0.833 bits per heavy atom. The van der Waals surface area contributed by atoms with E-state index in [1.165, 1.54) is 56.1 Å². The Labute approximate surface area is 146 Å². The summed E-state index contributed by atoms with van der Waals surface area (Å²) in [5, 5.41) is 0. The normalized spacial score (nSPS) is 20.9. The van der Waals surface area contributed by atoms with Crippen LogP contribution in [0, 0.1) is 18.8 Å². The minimum Gasteiger partial charge on any atom is -0.241 e. The van der Waals surface area contributed by atoms with Gasteiger partial charge >= 0.3 is 0 Å². The zero-order valence-corrected chi connectivity index (χ0v) is 15.2. The molecule has 1 fully saturated rings. The minimum atomic E-state index is 0.887. The molecule has 0 atom stereocenters. The van der Waals surface area contributed by atoms with Crippen molar-refractivity contribution in [1.82, 2.24) is 9.97 Å². The molecule has 2 heteroatoms. The van der Waals surface area contributed by atoms with Gasteiger partial charge in [0.2, 0.25) is 0 Å². The quantitative estimate of drug-likeness (QED) is 0.652. The van der Waals surface area contributed by atoms with Crippen molar-refractivity contribution >= 4 is 0 Å². The molecule has 1 aliphatic rings. The highest BCUT2D eigenvalue weighted by Gasteiger charge is 2.20. The molecule has 0 bridgehead atoms. The minimum absolute atomic E-state index is 0.887. The first-order valence-corrected chi connectivity index (χ1v) is 9.62. The van der Waals surface area contributed by atoms with Crippen molar-refractivity contribution in [2.24, 2.45) is 11.8 Å². The summed E-state index contributed by atoms with van der Waals surface area (Å²) in [6, 6.07) is 8.56. The van der Waals surface area contributed by atoms with Gasteiger partial charge in [0.25, 0.3) is 0 Å². The Hall–Kier alpha value is -1.70. The average molecular weight is 322 g/mol. The summed E-state index contributed by atoms with van der Waals surface area (Å²) in [7, 11) is 0. The van der Waals surface area contributed by atoms with Crippen LogP contribution in [-0.4, -0.2) is 9.97 Å². The van der Waals surface area contributed by atoms with E-state index >= 15 is 0 Å². The van der Waals surface area contributed by atoms with Crippen molar-refractivity contribution in [3.8, 4) is 11.1 Å². The number of rotatable bonds is 6. The van der Waals surface area contributed by atoms with Crippen molar-refractivity contribution < 1.29 is 0 Å². The van der Waals surface area contributed by atoms with Gasteiger partial charge in [-0.2, -0.15) is 0 Å². The Bertz CT molecular complexity index is 607. The van der Waals surface area contributed by atoms with E-state index in [0.29, 0.717) is 0 Å². The molecule has 0 amide bonds. The van der Waals surface area contributed by atoms with Gasteiger partial charge in [0, 0.05) is 24.4 Å². The van der Waals surface area contributed by atoms with Crippen LogP contribution < -0.4 is 0 Å². The Morgan fingerprint density at radius 3 is 2.00 bits per heavy atom. The summed E-state index contributed by atoms with van der Waals surface area (Å²) in [5.41, 5.74) is 3.59. The molecule has 1 heterocycles. The molecule has 2 aromatic rings. The maximum Gasteiger partial charge on any atom is 0.128 e. The molecular weight excluding hydrogens is 292 g/mol. The summed E-state index contributed by atoms with van der Waals surface area (Å²) >= 11 is 0. The first-order valence-electron chi connectivity index (χ1n) is 9.62. The van der Waals surface area contributed by atoms with E-state index in [2.05, 4.69) is 48.1 Å². The molecule has 0 radical (unpaired) electrons. The fourth-order valence-corrected chi connectivity index (χ4v) is 3.93. The highest BCUT2D eigenvalue weighted by atomic mass is 14.9.